The fourth-order valence-corrected chi connectivity index (χ4v) is 3.13. The minimum Gasteiger partial charge on any atom is -0.409 e. The highest BCUT2D eigenvalue weighted by molar-refractivity contribution is 7.89. The third-order valence-corrected chi connectivity index (χ3v) is 4.19. The molecule has 1 aromatic rings. The first-order valence-electron chi connectivity index (χ1n) is 5.79. The molecule has 1 aromatic carbocycles. The Bertz CT molecular complexity index is 629. The van der Waals surface area contributed by atoms with Crippen LogP contribution in [0.5, 0.6) is 0 Å². The van der Waals surface area contributed by atoms with Gasteiger partial charge in [-0.2, -0.15) is 13.2 Å². The molecular weight excluding hydrogens is 311 g/mol. The fraction of sp³-hybridized carbons (Fsp3) is 0.364. The summed E-state index contributed by atoms with van der Waals surface area (Å²) < 4.78 is 64.7. The van der Waals surface area contributed by atoms with Crippen LogP contribution in [0, 0.1) is 0 Å². The van der Waals surface area contributed by atoms with Gasteiger partial charge in [0.25, 0.3) is 0 Å². The standard InChI is InChI=1S/C11H14F3N3O3S/c1-2-8(10(15)16-18)17-21(19,20)9-6-4-3-5-7(9)11(12,13)14/h3-6,8,17-18H,2H2,1H3,(H2,15,16). The maximum atomic E-state index is 12.8. The number of nitrogens with two attached hydrogens (primary N) is 1. The third-order valence-electron chi connectivity index (χ3n) is 2.66. The van der Waals surface area contributed by atoms with E-state index in [1.807, 2.05) is 4.72 Å². The van der Waals surface area contributed by atoms with Crippen LogP contribution < -0.4 is 10.5 Å². The van der Waals surface area contributed by atoms with Crippen LogP contribution in [-0.2, 0) is 16.2 Å². The minimum atomic E-state index is -4.82. The first-order chi connectivity index (χ1) is 9.63. The van der Waals surface area contributed by atoms with Gasteiger partial charge < -0.3 is 10.9 Å². The van der Waals surface area contributed by atoms with E-state index < -0.39 is 38.5 Å². The van der Waals surface area contributed by atoms with Gasteiger partial charge in [0.05, 0.1) is 16.5 Å². The van der Waals surface area contributed by atoms with Crippen molar-refractivity contribution in [3.63, 3.8) is 0 Å². The van der Waals surface area contributed by atoms with Gasteiger partial charge in [-0.1, -0.05) is 24.2 Å². The average molecular weight is 325 g/mol. The zero-order valence-corrected chi connectivity index (χ0v) is 11.7. The average Bonchev–Trinajstić information content (AvgIpc) is 2.43. The molecule has 6 nitrogen and oxygen atoms in total. The molecule has 1 rings (SSSR count). The molecule has 0 spiro atoms. The Labute approximate surface area is 119 Å². The molecule has 0 amide bonds. The van der Waals surface area contributed by atoms with E-state index in [0.29, 0.717) is 6.07 Å². The molecule has 0 saturated carbocycles. The van der Waals surface area contributed by atoms with Crippen molar-refractivity contribution in [3.8, 4) is 0 Å². The lowest BCUT2D eigenvalue weighted by molar-refractivity contribution is -0.139. The van der Waals surface area contributed by atoms with Crippen LogP contribution in [0.2, 0.25) is 0 Å². The van der Waals surface area contributed by atoms with Crippen molar-refractivity contribution in [2.24, 2.45) is 10.9 Å². The molecule has 4 N–H and O–H groups in total. The van der Waals surface area contributed by atoms with Gasteiger partial charge in [-0.3, -0.25) is 0 Å². The van der Waals surface area contributed by atoms with E-state index in [0.717, 1.165) is 12.1 Å². The Kier molecular flexibility index (Phi) is 5.18. The van der Waals surface area contributed by atoms with E-state index >= 15 is 0 Å². The van der Waals surface area contributed by atoms with Gasteiger partial charge in [0, 0.05) is 0 Å². The summed E-state index contributed by atoms with van der Waals surface area (Å²) >= 11 is 0. The van der Waals surface area contributed by atoms with Gasteiger partial charge in [0.2, 0.25) is 10.0 Å². The molecule has 0 aliphatic carbocycles. The maximum absolute atomic E-state index is 12.8. The van der Waals surface area contributed by atoms with E-state index in [9.17, 15) is 21.6 Å². The molecule has 0 aromatic heterocycles. The van der Waals surface area contributed by atoms with Crippen LogP contribution in [0.3, 0.4) is 0 Å². The molecule has 0 saturated heterocycles. The number of hydrogen-bond acceptors (Lipinski definition) is 4. The van der Waals surface area contributed by atoms with Crippen molar-refractivity contribution >= 4 is 15.9 Å². The van der Waals surface area contributed by atoms with Gasteiger partial charge in [0.15, 0.2) is 5.84 Å². The smallest absolute Gasteiger partial charge is 0.409 e. The van der Waals surface area contributed by atoms with Crippen molar-refractivity contribution < 1.29 is 26.8 Å². The summed E-state index contributed by atoms with van der Waals surface area (Å²) in [4.78, 5) is -0.915. The van der Waals surface area contributed by atoms with E-state index in [1.54, 1.807) is 0 Å². The largest absolute Gasteiger partial charge is 0.417 e. The van der Waals surface area contributed by atoms with Crippen LogP contribution in [-0.4, -0.2) is 25.5 Å². The summed E-state index contributed by atoms with van der Waals surface area (Å²) in [6.07, 6.45) is -4.72. The number of nitrogens with zero attached hydrogens (tertiary/aromatic N) is 1. The van der Waals surface area contributed by atoms with E-state index in [-0.39, 0.29) is 6.42 Å². The van der Waals surface area contributed by atoms with Crippen molar-refractivity contribution in [2.45, 2.75) is 30.5 Å². The van der Waals surface area contributed by atoms with Crippen molar-refractivity contribution in [2.75, 3.05) is 0 Å². The number of halogens is 3. The second-order valence-corrected chi connectivity index (χ2v) is 5.78. The highest BCUT2D eigenvalue weighted by Gasteiger charge is 2.37. The summed E-state index contributed by atoms with van der Waals surface area (Å²) in [7, 11) is -4.48. The quantitative estimate of drug-likeness (QED) is 0.330. The van der Waals surface area contributed by atoms with E-state index in [4.69, 9.17) is 10.9 Å². The first kappa shape index (κ1) is 17.2. The normalized spacial score (nSPS) is 15.0. The number of amidine groups is 1. The topological polar surface area (TPSA) is 105 Å². The van der Waals surface area contributed by atoms with Crippen LogP contribution in [0.15, 0.2) is 34.3 Å². The predicted octanol–water partition coefficient (Wildman–Crippen LogP) is 1.51. The Hall–Kier alpha value is -1.81. The molecule has 0 bridgehead atoms. The van der Waals surface area contributed by atoms with Crippen molar-refractivity contribution in [1.29, 1.82) is 0 Å². The van der Waals surface area contributed by atoms with Crippen LogP contribution in [0.4, 0.5) is 13.2 Å². The van der Waals surface area contributed by atoms with Crippen LogP contribution in [0.1, 0.15) is 18.9 Å². The maximum Gasteiger partial charge on any atom is 0.417 e. The number of oxime groups is 1. The number of sulfonamides is 1. The molecule has 118 valence electrons. The first-order valence-corrected chi connectivity index (χ1v) is 7.27. The van der Waals surface area contributed by atoms with Gasteiger partial charge in [-0.25, -0.2) is 13.1 Å². The SMILES string of the molecule is CCC(NS(=O)(=O)c1ccccc1C(F)(F)F)/C(N)=N/O. The molecule has 21 heavy (non-hydrogen) atoms. The summed E-state index contributed by atoms with van der Waals surface area (Å²) in [5.41, 5.74) is 4.00. The molecular formula is C11H14F3N3O3S. The number of alkyl halides is 3. The Morgan fingerprint density at radius 2 is 2.00 bits per heavy atom. The lowest BCUT2D eigenvalue weighted by Gasteiger charge is -2.18. The minimum absolute atomic E-state index is 0.101. The van der Waals surface area contributed by atoms with Gasteiger partial charge in [-0.05, 0) is 18.6 Å². The second kappa shape index (κ2) is 6.31. The summed E-state index contributed by atoms with van der Waals surface area (Å²) in [5, 5.41) is 11.2. The van der Waals surface area contributed by atoms with Crippen LogP contribution >= 0.6 is 0 Å². The lowest BCUT2D eigenvalue weighted by atomic mass is 10.2. The Balaban J connectivity index is 3.27. The summed E-state index contributed by atoms with van der Waals surface area (Å²) in [6.45, 7) is 1.53. The highest BCUT2D eigenvalue weighted by atomic mass is 32.2. The Morgan fingerprint density at radius 1 is 1.43 bits per heavy atom. The van der Waals surface area contributed by atoms with Crippen molar-refractivity contribution in [1.82, 2.24) is 4.72 Å². The van der Waals surface area contributed by atoms with Gasteiger partial charge >= 0.3 is 6.18 Å². The monoisotopic (exact) mass is 325 g/mol. The molecule has 0 aliphatic heterocycles. The molecule has 0 fully saturated rings. The zero-order valence-electron chi connectivity index (χ0n) is 10.9. The lowest BCUT2D eigenvalue weighted by Crippen LogP contribution is -2.44. The summed E-state index contributed by atoms with van der Waals surface area (Å²) in [5.74, 6) is -0.439. The fourth-order valence-electron chi connectivity index (χ4n) is 1.61. The number of hydrogen-bond donors (Lipinski definition) is 3. The highest BCUT2D eigenvalue weighted by Crippen LogP contribution is 2.33. The molecule has 1 unspecified atom stereocenters. The number of nitrogens with one attached hydrogen (secondary N) is 1. The predicted molar refractivity (Wildman–Crippen MR) is 69.3 cm³/mol. The molecule has 0 aliphatic rings. The molecule has 10 heteroatoms. The molecule has 1 atom stereocenters. The summed E-state index contributed by atoms with van der Waals surface area (Å²) in [6, 6.07) is 2.65. The third kappa shape index (κ3) is 4.08. The number of benzene rings is 1. The zero-order chi connectivity index (χ0) is 16.3. The van der Waals surface area contributed by atoms with E-state index in [2.05, 4.69) is 5.16 Å². The number of rotatable bonds is 5. The van der Waals surface area contributed by atoms with E-state index in [1.165, 1.54) is 13.0 Å². The van der Waals surface area contributed by atoms with Gasteiger partial charge in [-0.15, -0.1) is 0 Å². The molecule has 0 heterocycles. The second-order valence-electron chi connectivity index (χ2n) is 4.10. The van der Waals surface area contributed by atoms with Gasteiger partial charge in [0.1, 0.15) is 0 Å². The van der Waals surface area contributed by atoms with Crippen LogP contribution in [0.25, 0.3) is 0 Å². The van der Waals surface area contributed by atoms with Crippen molar-refractivity contribution in [3.05, 3.63) is 29.8 Å². The Morgan fingerprint density at radius 3 is 2.48 bits per heavy atom. The molecule has 0 radical (unpaired) electrons.